The highest BCUT2D eigenvalue weighted by atomic mass is 32.1. The second-order valence-corrected chi connectivity index (χ2v) is 8.68. The van der Waals surface area contributed by atoms with Gasteiger partial charge >= 0.3 is 0 Å². The molecule has 1 amide bonds. The molecule has 0 saturated carbocycles. The fraction of sp³-hybridized carbons (Fsp3) is 0.500. The van der Waals surface area contributed by atoms with Gasteiger partial charge in [-0.1, -0.05) is 33.3 Å². The van der Waals surface area contributed by atoms with E-state index in [4.69, 9.17) is 4.98 Å². The lowest BCUT2D eigenvalue weighted by molar-refractivity contribution is -0.116. The lowest BCUT2D eigenvalue weighted by Crippen LogP contribution is -2.31. The minimum Gasteiger partial charge on any atom is -0.325 e. The number of aromatic nitrogens is 2. The number of carbonyl (C=O) groups excluding carboxylic acids is 1. The quantitative estimate of drug-likeness (QED) is 0.674. The Morgan fingerprint density at radius 3 is 2.86 bits per heavy atom. The van der Waals surface area contributed by atoms with Gasteiger partial charge in [0.2, 0.25) is 5.91 Å². The van der Waals surface area contributed by atoms with Crippen molar-refractivity contribution in [1.82, 2.24) is 14.9 Å². The third-order valence-corrected chi connectivity index (χ3v) is 5.73. The predicted molar refractivity (Wildman–Crippen MR) is 117 cm³/mol. The molecular weight excluding hydrogens is 368 g/mol. The first kappa shape index (κ1) is 20.7. The summed E-state index contributed by atoms with van der Waals surface area (Å²) >= 11 is 1.59. The smallest absolute Gasteiger partial charge is 0.224 e. The SMILES string of the molecule is CCCCC(=O)Nc1csc(-c2cncc(C3=CCN(CC(C)C)CC3)n2)c1. The number of hydrogen-bond donors (Lipinski definition) is 1. The molecule has 1 aliphatic heterocycles. The number of nitrogens with zero attached hydrogens (tertiary/aromatic N) is 3. The van der Waals surface area contributed by atoms with Crippen LogP contribution in [0.3, 0.4) is 0 Å². The Morgan fingerprint density at radius 2 is 2.14 bits per heavy atom. The van der Waals surface area contributed by atoms with Crippen LogP contribution in [0.2, 0.25) is 0 Å². The van der Waals surface area contributed by atoms with Gasteiger partial charge in [-0.3, -0.25) is 14.7 Å². The van der Waals surface area contributed by atoms with Crippen LogP contribution >= 0.6 is 11.3 Å². The van der Waals surface area contributed by atoms with Gasteiger partial charge in [0.25, 0.3) is 0 Å². The second kappa shape index (κ2) is 9.94. The van der Waals surface area contributed by atoms with Crippen LogP contribution in [-0.2, 0) is 4.79 Å². The van der Waals surface area contributed by atoms with Crippen LogP contribution in [0.4, 0.5) is 5.69 Å². The molecule has 150 valence electrons. The summed E-state index contributed by atoms with van der Waals surface area (Å²) in [6.07, 6.45) is 9.46. The highest BCUT2D eigenvalue weighted by Crippen LogP contribution is 2.30. The Bertz CT molecular complexity index is 827. The van der Waals surface area contributed by atoms with E-state index in [0.29, 0.717) is 12.3 Å². The summed E-state index contributed by atoms with van der Waals surface area (Å²) in [7, 11) is 0. The van der Waals surface area contributed by atoms with E-state index in [1.165, 1.54) is 5.57 Å². The first-order chi connectivity index (χ1) is 13.5. The largest absolute Gasteiger partial charge is 0.325 e. The third-order valence-electron chi connectivity index (χ3n) is 4.77. The van der Waals surface area contributed by atoms with E-state index in [2.05, 4.69) is 42.0 Å². The molecule has 0 unspecified atom stereocenters. The van der Waals surface area contributed by atoms with E-state index in [9.17, 15) is 4.79 Å². The predicted octanol–water partition coefficient (Wildman–Crippen LogP) is 5.08. The normalized spacial score (nSPS) is 14.9. The summed E-state index contributed by atoms with van der Waals surface area (Å²) in [6, 6.07) is 1.99. The Labute approximate surface area is 171 Å². The van der Waals surface area contributed by atoms with E-state index in [1.54, 1.807) is 17.5 Å². The first-order valence-electron chi connectivity index (χ1n) is 10.2. The highest BCUT2D eigenvalue weighted by molar-refractivity contribution is 7.14. The zero-order valence-corrected chi connectivity index (χ0v) is 17.9. The van der Waals surface area contributed by atoms with Crippen LogP contribution < -0.4 is 5.32 Å². The number of amides is 1. The van der Waals surface area contributed by atoms with Gasteiger partial charge < -0.3 is 5.32 Å². The molecule has 3 heterocycles. The van der Waals surface area contributed by atoms with Gasteiger partial charge in [0.1, 0.15) is 0 Å². The zero-order chi connectivity index (χ0) is 19.9. The van der Waals surface area contributed by atoms with Crippen LogP contribution in [0.25, 0.3) is 16.1 Å². The van der Waals surface area contributed by atoms with Crippen LogP contribution in [0.5, 0.6) is 0 Å². The van der Waals surface area contributed by atoms with Crippen molar-refractivity contribution < 1.29 is 4.79 Å². The maximum Gasteiger partial charge on any atom is 0.224 e. The van der Waals surface area contributed by atoms with Crippen LogP contribution in [-0.4, -0.2) is 40.4 Å². The molecule has 0 radical (unpaired) electrons. The lowest BCUT2D eigenvalue weighted by Gasteiger charge is -2.27. The van der Waals surface area contributed by atoms with E-state index >= 15 is 0 Å². The summed E-state index contributed by atoms with van der Waals surface area (Å²) in [4.78, 5) is 24.7. The van der Waals surface area contributed by atoms with Crippen LogP contribution in [0.1, 0.15) is 52.1 Å². The molecule has 0 fully saturated rings. The molecule has 28 heavy (non-hydrogen) atoms. The molecule has 2 aromatic rings. The third kappa shape index (κ3) is 5.72. The second-order valence-electron chi connectivity index (χ2n) is 7.77. The van der Waals surface area contributed by atoms with Crippen molar-refractivity contribution >= 4 is 28.5 Å². The Hall–Kier alpha value is -2.05. The average molecular weight is 399 g/mol. The maximum absolute atomic E-state index is 11.9. The Kier molecular flexibility index (Phi) is 7.34. The van der Waals surface area contributed by atoms with Crippen molar-refractivity contribution in [2.75, 3.05) is 25.0 Å². The van der Waals surface area contributed by atoms with E-state index in [-0.39, 0.29) is 5.91 Å². The molecule has 0 saturated heterocycles. The molecule has 5 nitrogen and oxygen atoms in total. The maximum atomic E-state index is 11.9. The molecule has 3 rings (SSSR count). The van der Waals surface area contributed by atoms with Gasteiger partial charge in [0.05, 0.1) is 34.3 Å². The van der Waals surface area contributed by atoms with Crippen molar-refractivity contribution in [3.63, 3.8) is 0 Å². The van der Waals surface area contributed by atoms with Gasteiger partial charge in [0, 0.05) is 31.4 Å². The van der Waals surface area contributed by atoms with E-state index < -0.39 is 0 Å². The van der Waals surface area contributed by atoms with Crippen molar-refractivity contribution in [3.05, 3.63) is 35.6 Å². The van der Waals surface area contributed by atoms with Crippen molar-refractivity contribution in [2.24, 2.45) is 5.92 Å². The fourth-order valence-electron chi connectivity index (χ4n) is 3.36. The van der Waals surface area contributed by atoms with E-state index in [1.807, 2.05) is 17.6 Å². The number of nitrogens with one attached hydrogen (secondary N) is 1. The number of hydrogen-bond acceptors (Lipinski definition) is 5. The number of rotatable bonds is 8. The summed E-state index contributed by atoms with van der Waals surface area (Å²) in [6.45, 7) is 9.79. The molecule has 0 aliphatic carbocycles. The molecular formula is C22H30N4OS. The molecule has 1 N–H and O–H groups in total. The van der Waals surface area contributed by atoms with Crippen molar-refractivity contribution in [3.8, 4) is 10.6 Å². The van der Waals surface area contributed by atoms with Crippen LogP contribution in [0.15, 0.2) is 29.9 Å². The topological polar surface area (TPSA) is 58.1 Å². The zero-order valence-electron chi connectivity index (χ0n) is 17.1. The number of anilines is 1. The van der Waals surface area contributed by atoms with Gasteiger partial charge in [-0.15, -0.1) is 11.3 Å². The summed E-state index contributed by atoms with van der Waals surface area (Å²) in [5.41, 5.74) is 3.94. The van der Waals surface area contributed by atoms with Crippen molar-refractivity contribution in [2.45, 2.75) is 46.5 Å². The molecule has 0 bridgehead atoms. The van der Waals surface area contributed by atoms with Gasteiger partial charge in [-0.25, -0.2) is 4.98 Å². The number of unbranched alkanes of at least 4 members (excludes halogenated alkanes) is 1. The molecule has 0 spiro atoms. The Balaban J connectivity index is 1.67. The minimum absolute atomic E-state index is 0.0735. The first-order valence-corrected chi connectivity index (χ1v) is 11.1. The monoisotopic (exact) mass is 398 g/mol. The molecule has 1 aliphatic rings. The van der Waals surface area contributed by atoms with Crippen LogP contribution in [0, 0.1) is 5.92 Å². The van der Waals surface area contributed by atoms with Gasteiger partial charge in [0.15, 0.2) is 0 Å². The van der Waals surface area contributed by atoms with E-state index in [0.717, 1.165) is 60.8 Å². The molecule has 2 aromatic heterocycles. The summed E-state index contributed by atoms with van der Waals surface area (Å²) < 4.78 is 0. The Morgan fingerprint density at radius 1 is 1.32 bits per heavy atom. The summed E-state index contributed by atoms with van der Waals surface area (Å²) in [5.74, 6) is 0.762. The molecule has 6 heteroatoms. The highest BCUT2D eigenvalue weighted by Gasteiger charge is 2.16. The van der Waals surface area contributed by atoms with Crippen molar-refractivity contribution in [1.29, 1.82) is 0 Å². The molecule has 0 atom stereocenters. The fourth-order valence-corrected chi connectivity index (χ4v) is 4.16. The number of carbonyl (C=O) groups is 1. The van der Waals surface area contributed by atoms with Gasteiger partial charge in [-0.05, 0) is 30.4 Å². The summed E-state index contributed by atoms with van der Waals surface area (Å²) in [5, 5.41) is 4.94. The standard InChI is InChI=1S/C22H30N4OS/c1-4-5-6-22(27)24-18-11-21(28-15-18)20-13-23-12-19(25-20)17-7-9-26(10-8-17)14-16(2)3/h7,11-13,15-16H,4-6,8-10,14H2,1-3H3,(H,24,27). The average Bonchev–Trinajstić information content (AvgIpc) is 3.15. The lowest BCUT2D eigenvalue weighted by atomic mass is 10.0. The minimum atomic E-state index is 0.0735. The number of thiophene rings is 1. The molecule has 0 aromatic carbocycles. The van der Waals surface area contributed by atoms with Gasteiger partial charge in [-0.2, -0.15) is 0 Å².